The Bertz CT molecular complexity index is 1100. The van der Waals surface area contributed by atoms with Gasteiger partial charge in [-0.05, 0) is 35.4 Å². The van der Waals surface area contributed by atoms with Gasteiger partial charge in [-0.15, -0.1) is 0 Å². The molecule has 1 aliphatic heterocycles. The van der Waals surface area contributed by atoms with Gasteiger partial charge >= 0.3 is 0 Å². The zero-order valence-electron chi connectivity index (χ0n) is 16.2. The molecule has 4 nitrogen and oxygen atoms in total. The number of nitrogens with zero attached hydrogens (tertiary/aromatic N) is 1. The highest BCUT2D eigenvalue weighted by Crippen LogP contribution is 2.44. The summed E-state index contributed by atoms with van der Waals surface area (Å²) in [5.74, 6) is -0.673. The van der Waals surface area contributed by atoms with E-state index in [0.717, 1.165) is 28.1 Å². The van der Waals surface area contributed by atoms with E-state index in [1.54, 1.807) is 17.0 Å². The molecule has 1 amide bonds. The summed E-state index contributed by atoms with van der Waals surface area (Å²) in [5.41, 5.74) is -0.171. The summed E-state index contributed by atoms with van der Waals surface area (Å²) in [6.45, 7) is 2.58. The molecular weight excluding hydrogens is 430 g/mol. The number of rotatable bonds is 6. The molecule has 0 saturated carbocycles. The molecular formula is C24H22BrNO3. The van der Waals surface area contributed by atoms with Gasteiger partial charge in [0.25, 0.3) is 5.91 Å². The van der Waals surface area contributed by atoms with Crippen LogP contribution < -0.4 is 4.90 Å². The third kappa shape index (κ3) is 3.38. The molecule has 1 N–H and O–H groups in total. The second-order valence-electron chi connectivity index (χ2n) is 7.46. The first-order valence-corrected chi connectivity index (χ1v) is 10.6. The molecule has 29 heavy (non-hydrogen) atoms. The quantitative estimate of drug-likeness (QED) is 0.523. The highest BCUT2D eigenvalue weighted by Gasteiger charge is 2.50. The Morgan fingerprint density at radius 2 is 1.86 bits per heavy atom. The highest BCUT2D eigenvalue weighted by molar-refractivity contribution is 9.10. The van der Waals surface area contributed by atoms with Crippen molar-refractivity contribution in [3.63, 3.8) is 0 Å². The second-order valence-corrected chi connectivity index (χ2v) is 8.37. The number of benzene rings is 3. The van der Waals surface area contributed by atoms with Crippen molar-refractivity contribution in [3.8, 4) is 0 Å². The second kappa shape index (κ2) is 7.73. The van der Waals surface area contributed by atoms with Crippen molar-refractivity contribution in [2.75, 3.05) is 11.4 Å². The summed E-state index contributed by atoms with van der Waals surface area (Å²) in [6, 6.07) is 18.6. The number of carbonyl (C=O) groups excluding carboxylic acids is 2. The van der Waals surface area contributed by atoms with Crippen molar-refractivity contribution in [2.45, 2.75) is 31.8 Å². The molecule has 0 bridgehead atoms. The molecule has 1 atom stereocenters. The fourth-order valence-electron chi connectivity index (χ4n) is 4.03. The maximum absolute atomic E-state index is 13.2. The lowest BCUT2D eigenvalue weighted by molar-refractivity contribution is -0.135. The van der Waals surface area contributed by atoms with Crippen LogP contribution in [0.15, 0.2) is 65.1 Å². The minimum absolute atomic E-state index is 0.249. The van der Waals surface area contributed by atoms with E-state index in [2.05, 4.69) is 22.9 Å². The van der Waals surface area contributed by atoms with E-state index in [9.17, 15) is 14.7 Å². The monoisotopic (exact) mass is 451 g/mol. The number of ketones is 1. The maximum Gasteiger partial charge on any atom is 0.264 e. The Morgan fingerprint density at radius 1 is 1.10 bits per heavy atom. The fourth-order valence-corrected chi connectivity index (χ4v) is 4.39. The van der Waals surface area contributed by atoms with Crippen molar-refractivity contribution < 1.29 is 14.7 Å². The van der Waals surface area contributed by atoms with Crippen molar-refractivity contribution >= 4 is 44.1 Å². The van der Waals surface area contributed by atoms with Crippen molar-refractivity contribution in [1.82, 2.24) is 0 Å². The van der Waals surface area contributed by atoms with Crippen LogP contribution >= 0.6 is 15.9 Å². The van der Waals surface area contributed by atoms with Gasteiger partial charge in [0.2, 0.25) is 0 Å². The first-order chi connectivity index (χ1) is 14.0. The van der Waals surface area contributed by atoms with E-state index in [1.165, 1.54) is 0 Å². The van der Waals surface area contributed by atoms with Gasteiger partial charge in [-0.3, -0.25) is 9.59 Å². The molecule has 0 aliphatic carbocycles. The molecule has 3 aromatic rings. The number of fused-ring (bicyclic) bond motifs is 2. The van der Waals surface area contributed by atoms with Crippen LogP contribution in [0, 0.1) is 0 Å². The van der Waals surface area contributed by atoms with Crippen molar-refractivity contribution in [2.24, 2.45) is 0 Å². The third-order valence-corrected chi connectivity index (χ3v) is 6.03. The lowest BCUT2D eigenvalue weighted by Crippen LogP contribution is -2.42. The average Bonchev–Trinajstić information content (AvgIpc) is 2.92. The van der Waals surface area contributed by atoms with Crippen LogP contribution in [0.5, 0.6) is 0 Å². The minimum atomic E-state index is -1.86. The number of Topliss-reactive ketones (excluding diaryl/α,β-unsaturated/α-hetero) is 1. The van der Waals surface area contributed by atoms with E-state index in [1.807, 2.05) is 48.5 Å². The van der Waals surface area contributed by atoms with Crippen molar-refractivity contribution in [3.05, 3.63) is 76.3 Å². The predicted molar refractivity (Wildman–Crippen MR) is 118 cm³/mol. The van der Waals surface area contributed by atoms with Gasteiger partial charge in [-0.2, -0.15) is 0 Å². The maximum atomic E-state index is 13.2. The standard InChI is InChI=1S/C24H22BrNO3/c1-2-3-13-26-21-12-11-17(25)14-20(21)24(29,23(26)28)15-22(27)19-10-6-8-16-7-4-5-9-18(16)19/h4-12,14,29H,2-3,13,15H2,1H3/t24-/m1/s1. The van der Waals surface area contributed by atoms with Gasteiger partial charge in [-0.25, -0.2) is 0 Å². The van der Waals surface area contributed by atoms with Crippen LogP contribution in [0.25, 0.3) is 10.8 Å². The molecule has 4 rings (SSSR count). The van der Waals surface area contributed by atoms with Crippen molar-refractivity contribution in [1.29, 1.82) is 0 Å². The predicted octanol–water partition coefficient (Wildman–Crippen LogP) is 5.21. The fraction of sp³-hybridized carbons (Fsp3) is 0.250. The smallest absolute Gasteiger partial charge is 0.264 e. The molecule has 0 radical (unpaired) electrons. The molecule has 5 heteroatoms. The summed E-state index contributed by atoms with van der Waals surface area (Å²) < 4.78 is 0.762. The number of halogens is 1. The zero-order chi connectivity index (χ0) is 20.6. The number of anilines is 1. The molecule has 148 valence electrons. The molecule has 1 aliphatic rings. The normalized spacial score (nSPS) is 18.3. The zero-order valence-corrected chi connectivity index (χ0v) is 17.8. The number of unbranched alkanes of at least 4 members (excludes halogenated alkanes) is 1. The van der Waals surface area contributed by atoms with Gasteiger partial charge < -0.3 is 10.0 Å². The van der Waals surface area contributed by atoms with Gasteiger partial charge in [0, 0.05) is 22.1 Å². The summed E-state index contributed by atoms with van der Waals surface area (Å²) in [6.07, 6.45) is 1.48. The third-order valence-electron chi connectivity index (χ3n) is 5.54. The SMILES string of the molecule is CCCCN1C(=O)[C@@](O)(CC(=O)c2cccc3ccccc23)c2cc(Br)ccc21. The first kappa shape index (κ1) is 19.8. The van der Waals surface area contributed by atoms with Crippen LogP contribution in [-0.2, 0) is 10.4 Å². The largest absolute Gasteiger partial charge is 0.375 e. The summed E-state index contributed by atoms with van der Waals surface area (Å²) in [4.78, 5) is 28.1. The summed E-state index contributed by atoms with van der Waals surface area (Å²) in [5, 5.41) is 13.3. The number of hydrogen-bond acceptors (Lipinski definition) is 3. The van der Waals surface area contributed by atoms with Gasteiger partial charge in [0.05, 0.1) is 12.1 Å². The Balaban J connectivity index is 1.74. The van der Waals surface area contributed by atoms with Crippen LogP contribution in [0.4, 0.5) is 5.69 Å². The number of hydrogen-bond donors (Lipinski definition) is 1. The lowest BCUT2D eigenvalue weighted by Gasteiger charge is -2.23. The number of aliphatic hydroxyl groups is 1. The molecule has 0 spiro atoms. The highest BCUT2D eigenvalue weighted by atomic mass is 79.9. The van der Waals surface area contributed by atoms with Crippen LogP contribution in [0.1, 0.15) is 42.1 Å². The van der Waals surface area contributed by atoms with E-state index < -0.39 is 11.5 Å². The summed E-state index contributed by atoms with van der Waals surface area (Å²) in [7, 11) is 0. The van der Waals surface area contributed by atoms with E-state index in [-0.39, 0.29) is 12.2 Å². The molecule has 0 aromatic heterocycles. The first-order valence-electron chi connectivity index (χ1n) is 9.81. The van der Waals surface area contributed by atoms with Crippen LogP contribution in [-0.4, -0.2) is 23.3 Å². The van der Waals surface area contributed by atoms with Gasteiger partial charge in [0.1, 0.15) is 0 Å². The van der Waals surface area contributed by atoms with E-state index >= 15 is 0 Å². The molecule has 3 aromatic carbocycles. The Kier molecular flexibility index (Phi) is 5.28. The number of amides is 1. The minimum Gasteiger partial charge on any atom is -0.375 e. The van der Waals surface area contributed by atoms with E-state index in [4.69, 9.17) is 0 Å². The lowest BCUT2D eigenvalue weighted by atomic mass is 9.87. The molecule has 0 fully saturated rings. The molecule has 0 unspecified atom stereocenters. The van der Waals surface area contributed by atoms with Gasteiger partial charge in [-0.1, -0.05) is 71.7 Å². The number of carbonyl (C=O) groups is 2. The van der Waals surface area contributed by atoms with Crippen LogP contribution in [0.2, 0.25) is 0 Å². The van der Waals surface area contributed by atoms with Gasteiger partial charge in [0.15, 0.2) is 11.4 Å². The van der Waals surface area contributed by atoms with Crippen LogP contribution in [0.3, 0.4) is 0 Å². The molecule has 0 saturated heterocycles. The molecule has 1 heterocycles. The topological polar surface area (TPSA) is 57.6 Å². The Hall–Kier alpha value is -2.50. The summed E-state index contributed by atoms with van der Waals surface area (Å²) >= 11 is 3.43. The average molecular weight is 452 g/mol. The Morgan fingerprint density at radius 3 is 2.66 bits per heavy atom. The Labute approximate surface area is 178 Å². The van der Waals surface area contributed by atoms with E-state index in [0.29, 0.717) is 23.4 Å².